The maximum absolute atomic E-state index is 11.1. The molecule has 0 saturated carbocycles. The van der Waals surface area contributed by atoms with E-state index in [-0.39, 0.29) is 6.42 Å². The van der Waals surface area contributed by atoms with Crippen LogP contribution >= 0.6 is 0 Å². The zero-order valence-corrected chi connectivity index (χ0v) is 12.5. The van der Waals surface area contributed by atoms with Crippen molar-refractivity contribution in [2.24, 2.45) is 0 Å². The predicted octanol–water partition coefficient (Wildman–Crippen LogP) is 3.05. The van der Waals surface area contributed by atoms with Crippen LogP contribution in [0.3, 0.4) is 0 Å². The maximum Gasteiger partial charge on any atom is 0.304 e. The van der Waals surface area contributed by atoms with E-state index in [0.717, 1.165) is 30.1 Å². The number of aliphatic carboxylic acids is 1. The molecule has 0 spiro atoms. The number of rotatable bonds is 5. The lowest BCUT2D eigenvalue weighted by Gasteiger charge is -2.28. The van der Waals surface area contributed by atoms with Crippen molar-refractivity contribution in [3.8, 4) is 5.75 Å². The van der Waals surface area contributed by atoms with Crippen molar-refractivity contribution in [2.75, 3.05) is 25.1 Å². The lowest BCUT2D eigenvalue weighted by atomic mass is 9.80. The van der Waals surface area contributed by atoms with Gasteiger partial charge in [0, 0.05) is 29.8 Å². The summed E-state index contributed by atoms with van der Waals surface area (Å²) < 4.78 is 5.42. The Labute approximate surface area is 120 Å². The van der Waals surface area contributed by atoms with E-state index in [0.29, 0.717) is 0 Å². The first-order valence-electron chi connectivity index (χ1n) is 7.09. The molecule has 1 N–H and O–H groups in total. The Morgan fingerprint density at radius 3 is 2.55 bits per heavy atom. The Balaban J connectivity index is 2.37. The van der Waals surface area contributed by atoms with Gasteiger partial charge in [0.25, 0.3) is 0 Å². The van der Waals surface area contributed by atoms with Crippen LogP contribution in [0, 0.1) is 0 Å². The van der Waals surface area contributed by atoms with Gasteiger partial charge in [0.2, 0.25) is 0 Å². The zero-order chi connectivity index (χ0) is 14.8. The number of benzene rings is 1. The summed E-state index contributed by atoms with van der Waals surface area (Å²) >= 11 is 0. The highest BCUT2D eigenvalue weighted by molar-refractivity contribution is 5.70. The number of carboxylic acids is 1. The molecule has 1 aliphatic heterocycles. The van der Waals surface area contributed by atoms with Crippen LogP contribution in [0.4, 0.5) is 5.69 Å². The van der Waals surface area contributed by atoms with Gasteiger partial charge in [-0.25, -0.2) is 0 Å². The molecule has 0 aliphatic carbocycles. The van der Waals surface area contributed by atoms with Crippen molar-refractivity contribution in [3.63, 3.8) is 0 Å². The number of ether oxygens (including phenoxy) is 1. The van der Waals surface area contributed by atoms with Gasteiger partial charge in [-0.1, -0.05) is 13.8 Å². The highest BCUT2D eigenvalue weighted by Gasteiger charge is 2.28. The van der Waals surface area contributed by atoms with E-state index in [1.54, 1.807) is 7.11 Å². The van der Waals surface area contributed by atoms with E-state index in [1.807, 2.05) is 19.9 Å². The van der Waals surface area contributed by atoms with E-state index < -0.39 is 11.4 Å². The molecule has 4 nitrogen and oxygen atoms in total. The lowest BCUT2D eigenvalue weighted by Crippen LogP contribution is -2.24. The maximum atomic E-state index is 11.1. The van der Waals surface area contributed by atoms with Gasteiger partial charge in [0.15, 0.2) is 0 Å². The van der Waals surface area contributed by atoms with Crippen LogP contribution in [0.5, 0.6) is 5.75 Å². The highest BCUT2D eigenvalue weighted by atomic mass is 16.5. The minimum absolute atomic E-state index is 0.0901. The van der Waals surface area contributed by atoms with Crippen LogP contribution in [0.1, 0.15) is 38.7 Å². The molecule has 1 saturated heterocycles. The standard InChI is InChI=1S/C16H23NO3/c1-16(2,11-15(18)19)13-10-12(6-7-14(13)20-3)17-8-4-5-9-17/h6-7,10H,4-5,8-9,11H2,1-3H3,(H,18,19). The molecule has 1 heterocycles. The van der Waals surface area contributed by atoms with E-state index in [2.05, 4.69) is 17.0 Å². The third kappa shape index (κ3) is 3.06. The summed E-state index contributed by atoms with van der Waals surface area (Å²) in [5.74, 6) is -0.0252. The molecule has 0 unspecified atom stereocenters. The molecule has 1 fully saturated rings. The fourth-order valence-corrected chi connectivity index (χ4v) is 2.87. The van der Waals surface area contributed by atoms with Gasteiger partial charge in [0.05, 0.1) is 13.5 Å². The van der Waals surface area contributed by atoms with Crippen LogP contribution < -0.4 is 9.64 Å². The molecule has 0 amide bonds. The molecule has 110 valence electrons. The van der Waals surface area contributed by atoms with Crippen LogP contribution in [-0.2, 0) is 10.2 Å². The number of hydrogen-bond donors (Lipinski definition) is 1. The summed E-state index contributed by atoms with van der Waals surface area (Å²) in [7, 11) is 1.63. The van der Waals surface area contributed by atoms with Crippen molar-refractivity contribution >= 4 is 11.7 Å². The smallest absolute Gasteiger partial charge is 0.304 e. The molecule has 0 radical (unpaired) electrons. The average molecular weight is 277 g/mol. The van der Waals surface area contributed by atoms with Crippen LogP contribution in [0.15, 0.2) is 18.2 Å². The Morgan fingerprint density at radius 1 is 1.35 bits per heavy atom. The van der Waals surface area contributed by atoms with E-state index >= 15 is 0 Å². The van der Waals surface area contributed by atoms with Gasteiger partial charge in [-0.15, -0.1) is 0 Å². The fourth-order valence-electron chi connectivity index (χ4n) is 2.87. The SMILES string of the molecule is COc1ccc(N2CCCC2)cc1C(C)(C)CC(=O)O. The largest absolute Gasteiger partial charge is 0.496 e. The van der Waals surface area contributed by atoms with Gasteiger partial charge in [0.1, 0.15) is 5.75 Å². The molecule has 0 atom stereocenters. The number of carbonyl (C=O) groups is 1. The molecule has 20 heavy (non-hydrogen) atoms. The van der Waals surface area contributed by atoms with Crippen LogP contribution in [0.25, 0.3) is 0 Å². The molecule has 1 aromatic rings. The van der Waals surface area contributed by atoms with Crippen molar-refractivity contribution < 1.29 is 14.6 Å². The summed E-state index contributed by atoms with van der Waals surface area (Å²) in [6.45, 7) is 6.05. The normalized spacial score (nSPS) is 15.4. The quantitative estimate of drug-likeness (QED) is 0.898. The van der Waals surface area contributed by atoms with Gasteiger partial charge >= 0.3 is 5.97 Å². The van der Waals surface area contributed by atoms with Gasteiger partial charge < -0.3 is 14.7 Å². The van der Waals surface area contributed by atoms with Crippen LogP contribution in [0.2, 0.25) is 0 Å². The number of anilines is 1. The first-order valence-corrected chi connectivity index (χ1v) is 7.09. The second kappa shape index (κ2) is 5.73. The minimum Gasteiger partial charge on any atom is -0.496 e. The highest BCUT2D eigenvalue weighted by Crippen LogP contribution is 2.37. The van der Waals surface area contributed by atoms with Crippen molar-refractivity contribution in [2.45, 2.75) is 38.5 Å². The van der Waals surface area contributed by atoms with Crippen molar-refractivity contribution in [3.05, 3.63) is 23.8 Å². The topological polar surface area (TPSA) is 49.8 Å². The molecule has 0 aromatic heterocycles. The Morgan fingerprint density at radius 2 is 2.00 bits per heavy atom. The van der Waals surface area contributed by atoms with Gasteiger partial charge in [-0.3, -0.25) is 4.79 Å². The monoisotopic (exact) mass is 277 g/mol. The second-order valence-corrected chi connectivity index (χ2v) is 6.03. The Kier molecular flexibility index (Phi) is 4.21. The summed E-state index contributed by atoms with van der Waals surface area (Å²) in [6.07, 6.45) is 2.53. The van der Waals surface area contributed by atoms with Gasteiger partial charge in [-0.2, -0.15) is 0 Å². The molecule has 1 aromatic carbocycles. The van der Waals surface area contributed by atoms with E-state index in [1.165, 1.54) is 12.8 Å². The Bertz CT molecular complexity index is 490. The Hall–Kier alpha value is -1.71. The molecule has 0 bridgehead atoms. The third-order valence-corrected chi connectivity index (χ3v) is 3.98. The predicted molar refractivity (Wildman–Crippen MR) is 79.7 cm³/mol. The van der Waals surface area contributed by atoms with Crippen molar-refractivity contribution in [1.82, 2.24) is 0 Å². The number of hydrogen-bond acceptors (Lipinski definition) is 3. The number of carboxylic acid groups (broad SMARTS) is 1. The lowest BCUT2D eigenvalue weighted by molar-refractivity contribution is -0.138. The number of methoxy groups -OCH3 is 1. The fraction of sp³-hybridized carbons (Fsp3) is 0.562. The first kappa shape index (κ1) is 14.7. The summed E-state index contributed by atoms with van der Waals surface area (Å²) in [5.41, 5.74) is 1.68. The average Bonchev–Trinajstić information content (AvgIpc) is 2.90. The molecular formula is C16H23NO3. The summed E-state index contributed by atoms with van der Waals surface area (Å²) in [6, 6.07) is 6.10. The first-order chi connectivity index (χ1) is 9.44. The minimum atomic E-state index is -0.788. The second-order valence-electron chi connectivity index (χ2n) is 6.03. The van der Waals surface area contributed by atoms with Gasteiger partial charge in [-0.05, 0) is 31.0 Å². The molecule has 2 rings (SSSR count). The molecular weight excluding hydrogens is 254 g/mol. The zero-order valence-electron chi connectivity index (χ0n) is 12.5. The van der Waals surface area contributed by atoms with E-state index in [4.69, 9.17) is 9.84 Å². The molecule has 4 heteroatoms. The summed E-state index contributed by atoms with van der Waals surface area (Å²) in [4.78, 5) is 13.4. The van der Waals surface area contributed by atoms with Crippen molar-refractivity contribution in [1.29, 1.82) is 0 Å². The van der Waals surface area contributed by atoms with Crippen LogP contribution in [-0.4, -0.2) is 31.3 Å². The van der Waals surface area contributed by atoms with E-state index in [9.17, 15) is 4.79 Å². The molecule has 1 aliphatic rings. The summed E-state index contributed by atoms with van der Waals surface area (Å²) in [5, 5.41) is 9.10. The number of nitrogens with zero attached hydrogens (tertiary/aromatic N) is 1. The third-order valence-electron chi connectivity index (χ3n) is 3.98.